The minimum atomic E-state index is -0.0743. The van der Waals surface area contributed by atoms with Crippen molar-refractivity contribution >= 4 is 22.7 Å². The standard InChI is InChI=1S/C19H23N7O4/c1-12(9-28-2)26-14(6-20)5-13-7-21-19(23-17(13)26)22-16-8-25(3-4-27)24-18(16)30-15-10-29-11-15/h5,7-8,12,15,27H,3-4,9-11H2,1-2H3,(H,21,22,23)/t12-/m0/s1. The number of hydrogen-bond donors (Lipinski definition) is 2. The fourth-order valence-electron chi connectivity index (χ4n) is 3.27. The van der Waals surface area contributed by atoms with Crippen LogP contribution in [0.4, 0.5) is 11.6 Å². The summed E-state index contributed by atoms with van der Waals surface area (Å²) in [6.07, 6.45) is 3.34. The average molecular weight is 413 g/mol. The number of anilines is 2. The summed E-state index contributed by atoms with van der Waals surface area (Å²) in [6, 6.07) is 3.89. The number of aromatic nitrogens is 5. The van der Waals surface area contributed by atoms with Gasteiger partial charge in [0.15, 0.2) is 0 Å². The third-order valence-corrected chi connectivity index (χ3v) is 4.73. The van der Waals surface area contributed by atoms with Crippen LogP contribution in [0.15, 0.2) is 18.5 Å². The monoisotopic (exact) mass is 413 g/mol. The fraction of sp³-hybridized carbons (Fsp3) is 0.474. The molecule has 0 saturated carbocycles. The van der Waals surface area contributed by atoms with Crippen molar-refractivity contribution in [3.8, 4) is 11.9 Å². The molecule has 30 heavy (non-hydrogen) atoms. The summed E-state index contributed by atoms with van der Waals surface area (Å²) in [7, 11) is 1.62. The first-order valence-electron chi connectivity index (χ1n) is 9.59. The highest BCUT2D eigenvalue weighted by molar-refractivity contribution is 5.79. The van der Waals surface area contributed by atoms with Crippen LogP contribution in [-0.2, 0) is 16.0 Å². The molecule has 0 unspecified atom stereocenters. The van der Waals surface area contributed by atoms with Crippen LogP contribution in [-0.4, -0.2) is 69.1 Å². The Morgan fingerprint density at radius 3 is 2.97 bits per heavy atom. The lowest BCUT2D eigenvalue weighted by atomic mass is 10.3. The van der Waals surface area contributed by atoms with Crippen molar-refractivity contribution < 1.29 is 19.3 Å². The molecular weight excluding hydrogens is 390 g/mol. The largest absolute Gasteiger partial charge is 0.467 e. The second kappa shape index (κ2) is 8.66. The third kappa shape index (κ3) is 3.93. The topological polar surface area (TPSA) is 132 Å². The van der Waals surface area contributed by atoms with E-state index in [1.54, 1.807) is 30.3 Å². The van der Waals surface area contributed by atoms with Crippen LogP contribution in [0.3, 0.4) is 0 Å². The first-order chi connectivity index (χ1) is 14.6. The van der Waals surface area contributed by atoms with Gasteiger partial charge in [-0.25, -0.2) is 4.98 Å². The normalized spacial score (nSPS) is 15.0. The molecule has 1 saturated heterocycles. The number of nitriles is 1. The van der Waals surface area contributed by atoms with E-state index in [0.29, 0.717) is 55.2 Å². The van der Waals surface area contributed by atoms with Crippen LogP contribution in [0.2, 0.25) is 0 Å². The van der Waals surface area contributed by atoms with E-state index in [4.69, 9.17) is 14.2 Å². The Kier molecular flexibility index (Phi) is 5.80. The van der Waals surface area contributed by atoms with E-state index in [1.165, 1.54) is 0 Å². The average Bonchev–Trinajstić information content (AvgIpc) is 3.25. The van der Waals surface area contributed by atoms with E-state index in [-0.39, 0.29) is 18.8 Å². The fourth-order valence-corrected chi connectivity index (χ4v) is 3.27. The molecule has 0 aromatic carbocycles. The van der Waals surface area contributed by atoms with Gasteiger partial charge in [0.25, 0.3) is 5.88 Å². The Balaban J connectivity index is 1.66. The summed E-state index contributed by atoms with van der Waals surface area (Å²) in [4.78, 5) is 8.98. The molecule has 0 amide bonds. The lowest BCUT2D eigenvalue weighted by molar-refractivity contribution is -0.0812. The van der Waals surface area contributed by atoms with Crippen LogP contribution < -0.4 is 10.1 Å². The molecule has 1 fully saturated rings. The Bertz CT molecular complexity index is 1070. The van der Waals surface area contributed by atoms with Gasteiger partial charge < -0.3 is 29.2 Å². The van der Waals surface area contributed by atoms with Crippen molar-refractivity contribution in [1.82, 2.24) is 24.3 Å². The maximum absolute atomic E-state index is 9.51. The lowest BCUT2D eigenvalue weighted by Crippen LogP contribution is -2.38. The molecule has 0 bridgehead atoms. The van der Waals surface area contributed by atoms with Crippen LogP contribution in [0, 0.1) is 11.3 Å². The van der Waals surface area contributed by atoms with Gasteiger partial charge in [0.2, 0.25) is 5.95 Å². The minimum absolute atomic E-state index is 0.0442. The van der Waals surface area contributed by atoms with E-state index in [9.17, 15) is 10.4 Å². The molecule has 4 heterocycles. The zero-order chi connectivity index (χ0) is 21.1. The smallest absolute Gasteiger partial charge is 0.257 e. The molecule has 11 heteroatoms. The Morgan fingerprint density at radius 1 is 1.47 bits per heavy atom. The van der Waals surface area contributed by atoms with Gasteiger partial charge in [0.05, 0.1) is 45.2 Å². The third-order valence-electron chi connectivity index (χ3n) is 4.73. The minimum Gasteiger partial charge on any atom is -0.467 e. The zero-order valence-electron chi connectivity index (χ0n) is 16.8. The summed E-state index contributed by atoms with van der Waals surface area (Å²) in [5.41, 5.74) is 1.70. The van der Waals surface area contributed by atoms with Crippen molar-refractivity contribution in [2.24, 2.45) is 0 Å². The molecule has 158 valence electrons. The number of nitrogens with one attached hydrogen (secondary N) is 1. The molecule has 3 aromatic heterocycles. The van der Waals surface area contributed by atoms with Crippen LogP contribution in [0.1, 0.15) is 18.7 Å². The molecule has 1 aliphatic heterocycles. The molecule has 1 aliphatic rings. The second-order valence-corrected chi connectivity index (χ2v) is 7.03. The molecule has 0 aliphatic carbocycles. The molecule has 11 nitrogen and oxygen atoms in total. The molecule has 4 rings (SSSR count). The molecular formula is C19H23N7O4. The number of methoxy groups -OCH3 is 1. The van der Waals surface area contributed by atoms with Gasteiger partial charge in [-0.15, -0.1) is 5.10 Å². The van der Waals surface area contributed by atoms with E-state index in [2.05, 4.69) is 26.5 Å². The van der Waals surface area contributed by atoms with Crippen molar-refractivity contribution in [3.05, 3.63) is 24.2 Å². The summed E-state index contributed by atoms with van der Waals surface area (Å²) < 4.78 is 19.7. The Hall–Kier alpha value is -3.20. The van der Waals surface area contributed by atoms with Crippen molar-refractivity contribution in [2.45, 2.75) is 25.6 Å². The maximum Gasteiger partial charge on any atom is 0.257 e. The van der Waals surface area contributed by atoms with Gasteiger partial charge in [-0.05, 0) is 13.0 Å². The summed E-state index contributed by atoms with van der Waals surface area (Å²) in [5.74, 6) is 0.732. The highest BCUT2D eigenvalue weighted by Crippen LogP contribution is 2.29. The first kappa shape index (κ1) is 20.1. The number of ether oxygens (including phenoxy) is 3. The molecule has 0 spiro atoms. The quantitative estimate of drug-likeness (QED) is 0.531. The number of aliphatic hydroxyl groups excluding tert-OH is 1. The number of aliphatic hydroxyl groups is 1. The first-order valence-corrected chi connectivity index (χ1v) is 9.59. The molecule has 1 atom stereocenters. The SMILES string of the molecule is COC[C@H](C)n1c(C#N)cc2cnc(Nc3cn(CCO)nc3OC3COC3)nc21. The Labute approximate surface area is 172 Å². The van der Waals surface area contributed by atoms with Crippen molar-refractivity contribution in [3.63, 3.8) is 0 Å². The van der Waals surface area contributed by atoms with Crippen LogP contribution in [0.5, 0.6) is 5.88 Å². The second-order valence-electron chi connectivity index (χ2n) is 7.03. The predicted octanol–water partition coefficient (Wildman–Crippen LogP) is 1.22. The van der Waals surface area contributed by atoms with E-state index >= 15 is 0 Å². The van der Waals surface area contributed by atoms with Gasteiger partial charge in [0.1, 0.15) is 29.2 Å². The highest BCUT2D eigenvalue weighted by atomic mass is 16.6. The number of nitrogens with zero attached hydrogens (tertiary/aromatic N) is 6. The van der Waals surface area contributed by atoms with Crippen LogP contribution >= 0.6 is 0 Å². The summed E-state index contributed by atoms with van der Waals surface area (Å²) >= 11 is 0. The number of fused-ring (bicyclic) bond motifs is 1. The zero-order valence-corrected chi connectivity index (χ0v) is 16.8. The number of hydrogen-bond acceptors (Lipinski definition) is 9. The van der Waals surface area contributed by atoms with Gasteiger partial charge in [-0.3, -0.25) is 4.68 Å². The maximum atomic E-state index is 9.51. The summed E-state index contributed by atoms with van der Waals surface area (Å²) in [6.45, 7) is 3.72. The Morgan fingerprint density at radius 2 is 2.30 bits per heavy atom. The van der Waals surface area contributed by atoms with Gasteiger partial charge >= 0.3 is 0 Å². The van der Waals surface area contributed by atoms with Crippen molar-refractivity contribution in [2.75, 3.05) is 38.9 Å². The number of rotatable bonds is 9. The van der Waals surface area contributed by atoms with Gasteiger partial charge in [0, 0.05) is 18.7 Å². The molecule has 2 N–H and O–H groups in total. The molecule has 0 radical (unpaired) electrons. The van der Waals surface area contributed by atoms with Gasteiger partial charge in [-0.1, -0.05) is 0 Å². The highest BCUT2D eigenvalue weighted by Gasteiger charge is 2.24. The summed E-state index contributed by atoms with van der Waals surface area (Å²) in [5, 5.41) is 27.0. The molecule has 3 aromatic rings. The van der Waals surface area contributed by atoms with Gasteiger partial charge in [-0.2, -0.15) is 10.2 Å². The predicted molar refractivity (Wildman–Crippen MR) is 107 cm³/mol. The lowest BCUT2D eigenvalue weighted by Gasteiger charge is -2.25. The van der Waals surface area contributed by atoms with Crippen molar-refractivity contribution in [1.29, 1.82) is 5.26 Å². The van der Waals surface area contributed by atoms with E-state index < -0.39 is 0 Å². The van der Waals surface area contributed by atoms with E-state index in [0.717, 1.165) is 5.39 Å². The van der Waals surface area contributed by atoms with E-state index in [1.807, 2.05) is 11.5 Å². The van der Waals surface area contributed by atoms with Crippen LogP contribution in [0.25, 0.3) is 11.0 Å².